The summed E-state index contributed by atoms with van der Waals surface area (Å²) in [5, 5.41) is 3.08. The molecule has 31 heavy (non-hydrogen) atoms. The van der Waals surface area contributed by atoms with Crippen LogP contribution in [-0.2, 0) is 10.0 Å². The van der Waals surface area contributed by atoms with E-state index < -0.39 is 10.0 Å². The fourth-order valence-electron chi connectivity index (χ4n) is 3.36. The Kier molecular flexibility index (Phi) is 6.81. The quantitative estimate of drug-likeness (QED) is 0.566. The van der Waals surface area contributed by atoms with E-state index in [0.717, 1.165) is 12.0 Å². The molecule has 3 aromatic carbocycles. The second kappa shape index (κ2) is 9.35. The Hall–Kier alpha value is -3.12. The summed E-state index contributed by atoms with van der Waals surface area (Å²) in [5.41, 5.74) is 4.45. The lowest BCUT2D eigenvalue weighted by atomic mass is 9.99. The summed E-state index contributed by atoms with van der Waals surface area (Å²) in [6.45, 7) is 6.16. The van der Waals surface area contributed by atoms with E-state index in [4.69, 9.17) is 0 Å². The van der Waals surface area contributed by atoms with Gasteiger partial charge in [0, 0.05) is 12.6 Å². The molecule has 162 valence electrons. The van der Waals surface area contributed by atoms with Crippen LogP contribution >= 0.6 is 0 Å². The number of anilines is 1. The first kappa shape index (κ1) is 22.6. The zero-order valence-corrected chi connectivity index (χ0v) is 19.1. The predicted molar refractivity (Wildman–Crippen MR) is 125 cm³/mol. The summed E-state index contributed by atoms with van der Waals surface area (Å²) in [4.78, 5) is 13.0. The zero-order chi connectivity index (χ0) is 22.6. The predicted octanol–water partition coefficient (Wildman–Crippen LogP) is 5.01. The number of nitrogens with zero attached hydrogens (tertiary/aromatic N) is 1. The van der Waals surface area contributed by atoms with Crippen LogP contribution in [0.15, 0.2) is 77.7 Å². The molecule has 1 atom stereocenters. The molecule has 0 aliphatic carbocycles. The van der Waals surface area contributed by atoms with Gasteiger partial charge in [-0.3, -0.25) is 9.10 Å². The number of benzene rings is 3. The van der Waals surface area contributed by atoms with Gasteiger partial charge >= 0.3 is 0 Å². The van der Waals surface area contributed by atoms with Crippen molar-refractivity contribution in [3.63, 3.8) is 0 Å². The Morgan fingerprint density at radius 3 is 2.16 bits per heavy atom. The van der Waals surface area contributed by atoms with Gasteiger partial charge in [-0.05, 0) is 73.4 Å². The van der Waals surface area contributed by atoms with Crippen molar-refractivity contribution in [1.82, 2.24) is 5.32 Å². The Morgan fingerprint density at radius 2 is 1.58 bits per heavy atom. The summed E-state index contributed by atoms with van der Waals surface area (Å²) in [6.07, 6.45) is 0.768. The van der Waals surface area contributed by atoms with Crippen LogP contribution in [-0.4, -0.2) is 21.4 Å². The van der Waals surface area contributed by atoms with Gasteiger partial charge in [-0.1, -0.05) is 43.3 Å². The molecule has 0 saturated carbocycles. The highest BCUT2D eigenvalue weighted by molar-refractivity contribution is 7.92. The highest BCUT2D eigenvalue weighted by atomic mass is 32.2. The van der Waals surface area contributed by atoms with E-state index in [2.05, 4.69) is 31.3 Å². The molecule has 0 radical (unpaired) electrons. The van der Waals surface area contributed by atoms with Crippen LogP contribution in [0.5, 0.6) is 0 Å². The third-order valence-electron chi connectivity index (χ3n) is 5.54. The van der Waals surface area contributed by atoms with Crippen molar-refractivity contribution < 1.29 is 13.2 Å². The standard InChI is InChI=1S/C25H28N2O3S/c1-5-24(21-12-11-18(2)19(3)17-21)26-25(28)20-13-15-22(16-14-20)27(4)31(29,30)23-9-7-6-8-10-23/h6-17,24H,5H2,1-4H3,(H,26,28)/t24-/m0/s1. The molecule has 3 rings (SSSR count). The number of nitrogens with one attached hydrogen (secondary N) is 1. The van der Waals surface area contributed by atoms with Crippen molar-refractivity contribution in [2.75, 3.05) is 11.4 Å². The van der Waals surface area contributed by atoms with E-state index in [1.54, 1.807) is 54.6 Å². The topological polar surface area (TPSA) is 66.5 Å². The summed E-state index contributed by atoms with van der Waals surface area (Å²) >= 11 is 0. The SMILES string of the molecule is CC[C@H](NC(=O)c1ccc(N(C)S(=O)(=O)c2ccccc2)cc1)c1ccc(C)c(C)c1. The van der Waals surface area contributed by atoms with E-state index in [1.807, 2.05) is 13.0 Å². The maximum absolute atomic E-state index is 12.8. The number of sulfonamides is 1. The highest BCUT2D eigenvalue weighted by Gasteiger charge is 2.21. The molecule has 0 unspecified atom stereocenters. The third kappa shape index (κ3) is 4.97. The Morgan fingerprint density at radius 1 is 0.935 bits per heavy atom. The van der Waals surface area contributed by atoms with Gasteiger partial charge in [-0.15, -0.1) is 0 Å². The van der Waals surface area contributed by atoms with Crippen molar-refractivity contribution in [2.45, 2.75) is 38.1 Å². The fraction of sp³-hybridized carbons (Fsp3) is 0.240. The van der Waals surface area contributed by atoms with Crippen LogP contribution in [0.2, 0.25) is 0 Å². The van der Waals surface area contributed by atoms with Gasteiger partial charge in [-0.2, -0.15) is 0 Å². The van der Waals surface area contributed by atoms with Gasteiger partial charge in [0.25, 0.3) is 15.9 Å². The van der Waals surface area contributed by atoms with E-state index in [0.29, 0.717) is 11.3 Å². The first-order valence-electron chi connectivity index (χ1n) is 10.3. The van der Waals surface area contributed by atoms with Gasteiger partial charge < -0.3 is 5.32 Å². The Balaban J connectivity index is 1.76. The number of hydrogen-bond donors (Lipinski definition) is 1. The fourth-order valence-corrected chi connectivity index (χ4v) is 4.57. The molecule has 0 fully saturated rings. The van der Waals surface area contributed by atoms with Crippen LogP contribution in [0, 0.1) is 13.8 Å². The molecule has 5 nitrogen and oxygen atoms in total. The number of rotatable bonds is 7. The summed E-state index contributed by atoms with van der Waals surface area (Å²) < 4.78 is 26.8. The van der Waals surface area contributed by atoms with Crippen LogP contribution in [0.4, 0.5) is 5.69 Å². The van der Waals surface area contributed by atoms with Crippen LogP contribution in [0.1, 0.15) is 46.4 Å². The van der Waals surface area contributed by atoms with E-state index >= 15 is 0 Å². The van der Waals surface area contributed by atoms with Gasteiger partial charge in [0.2, 0.25) is 0 Å². The molecule has 0 bridgehead atoms. The van der Waals surface area contributed by atoms with Gasteiger partial charge in [-0.25, -0.2) is 8.42 Å². The molecule has 1 amide bonds. The molecule has 0 aliphatic rings. The minimum atomic E-state index is -3.66. The molecule has 0 spiro atoms. The van der Waals surface area contributed by atoms with Crippen LogP contribution in [0.25, 0.3) is 0 Å². The number of aryl methyl sites for hydroxylation is 2. The van der Waals surface area contributed by atoms with Crippen molar-refractivity contribution in [3.05, 3.63) is 95.1 Å². The summed E-state index contributed by atoms with van der Waals surface area (Å²) in [6, 6.07) is 21.0. The molecule has 0 aliphatic heterocycles. The van der Waals surface area contributed by atoms with Crippen molar-refractivity contribution in [1.29, 1.82) is 0 Å². The Labute approximate surface area is 184 Å². The summed E-state index contributed by atoms with van der Waals surface area (Å²) in [7, 11) is -2.15. The second-order valence-corrected chi connectivity index (χ2v) is 9.58. The molecule has 0 aromatic heterocycles. The van der Waals surface area contributed by atoms with Crippen LogP contribution in [0.3, 0.4) is 0 Å². The lowest BCUT2D eigenvalue weighted by Gasteiger charge is -2.21. The first-order valence-corrected chi connectivity index (χ1v) is 11.7. The molecule has 0 saturated heterocycles. The van der Waals surface area contributed by atoms with Gasteiger partial charge in [0.15, 0.2) is 0 Å². The first-order chi connectivity index (χ1) is 14.7. The number of amides is 1. The summed E-state index contributed by atoms with van der Waals surface area (Å²) in [5.74, 6) is -0.190. The molecule has 3 aromatic rings. The third-order valence-corrected chi connectivity index (χ3v) is 7.34. The minimum Gasteiger partial charge on any atom is -0.345 e. The largest absolute Gasteiger partial charge is 0.345 e. The smallest absolute Gasteiger partial charge is 0.264 e. The van der Waals surface area contributed by atoms with Crippen molar-refractivity contribution >= 4 is 21.6 Å². The average molecular weight is 437 g/mol. The number of carbonyl (C=O) groups excluding carboxylic acids is 1. The highest BCUT2D eigenvalue weighted by Crippen LogP contribution is 2.23. The molecular formula is C25H28N2O3S. The Bertz CT molecular complexity index is 1160. The number of hydrogen-bond acceptors (Lipinski definition) is 3. The normalized spacial score (nSPS) is 12.3. The van der Waals surface area contributed by atoms with E-state index in [1.165, 1.54) is 22.5 Å². The number of carbonyl (C=O) groups is 1. The maximum atomic E-state index is 12.8. The maximum Gasteiger partial charge on any atom is 0.264 e. The molecule has 0 heterocycles. The van der Waals surface area contributed by atoms with E-state index in [9.17, 15) is 13.2 Å². The molecular weight excluding hydrogens is 408 g/mol. The zero-order valence-electron chi connectivity index (χ0n) is 18.3. The van der Waals surface area contributed by atoms with Crippen LogP contribution < -0.4 is 9.62 Å². The average Bonchev–Trinajstić information content (AvgIpc) is 2.79. The molecule has 1 N–H and O–H groups in total. The minimum absolute atomic E-state index is 0.0902. The van der Waals surface area contributed by atoms with Crippen molar-refractivity contribution in [3.8, 4) is 0 Å². The van der Waals surface area contributed by atoms with Gasteiger partial charge in [0.05, 0.1) is 16.6 Å². The lowest BCUT2D eigenvalue weighted by Crippen LogP contribution is -2.29. The van der Waals surface area contributed by atoms with Gasteiger partial charge in [0.1, 0.15) is 0 Å². The van der Waals surface area contributed by atoms with Crippen molar-refractivity contribution in [2.24, 2.45) is 0 Å². The lowest BCUT2D eigenvalue weighted by molar-refractivity contribution is 0.0935. The monoisotopic (exact) mass is 436 g/mol. The second-order valence-electron chi connectivity index (χ2n) is 7.61. The molecule has 6 heteroatoms. The van der Waals surface area contributed by atoms with E-state index in [-0.39, 0.29) is 16.8 Å².